The molecule has 0 aliphatic carbocycles. The summed E-state index contributed by atoms with van der Waals surface area (Å²) in [4.78, 5) is 3.56. The lowest BCUT2D eigenvalue weighted by Gasteiger charge is -2.03. The van der Waals surface area contributed by atoms with Gasteiger partial charge < -0.3 is 9.47 Å². The predicted octanol–water partition coefficient (Wildman–Crippen LogP) is 1.69. The molecule has 0 radical (unpaired) electrons. The van der Waals surface area contributed by atoms with Gasteiger partial charge in [0.25, 0.3) is 0 Å². The number of halogens is 2. The standard InChI is InChI=1S/C7H7F2NO2/c1-11-5-2-3-6(10-4-5)12-7(8)9/h2-4,7H,1H3. The van der Waals surface area contributed by atoms with Crippen LogP contribution in [0.15, 0.2) is 18.3 Å². The van der Waals surface area contributed by atoms with E-state index in [1.54, 1.807) is 0 Å². The quantitative estimate of drug-likeness (QED) is 0.700. The van der Waals surface area contributed by atoms with E-state index in [1.165, 1.54) is 25.4 Å². The van der Waals surface area contributed by atoms with Crippen molar-refractivity contribution in [1.82, 2.24) is 4.98 Å². The van der Waals surface area contributed by atoms with Gasteiger partial charge in [-0.25, -0.2) is 4.98 Å². The van der Waals surface area contributed by atoms with E-state index in [9.17, 15) is 8.78 Å². The molecule has 0 bridgehead atoms. The summed E-state index contributed by atoms with van der Waals surface area (Å²) >= 11 is 0. The van der Waals surface area contributed by atoms with E-state index >= 15 is 0 Å². The first-order chi connectivity index (χ1) is 5.72. The van der Waals surface area contributed by atoms with E-state index in [4.69, 9.17) is 4.74 Å². The van der Waals surface area contributed by atoms with Crippen molar-refractivity contribution in [3.63, 3.8) is 0 Å². The highest BCUT2D eigenvalue weighted by Crippen LogP contribution is 2.14. The third-order valence-corrected chi connectivity index (χ3v) is 1.15. The SMILES string of the molecule is COc1ccc(OC(F)F)nc1. The highest BCUT2D eigenvalue weighted by molar-refractivity contribution is 5.22. The van der Waals surface area contributed by atoms with E-state index in [0.717, 1.165) is 0 Å². The first kappa shape index (κ1) is 8.70. The Labute approximate surface area is 67.9 Å². The van der Waals surface area contributed by atoms with Gasteiger partial charge in [0.05, 0.1) is 13.3 Å². The van der Waals surface area contributed by atoms with Gasteiger partial charge in [-0.2, -0.15) is 8.78 Å². The number of methoxy groups -OCH3 is 1. The van der Waals surface area contributed by atoms with E-state index in [0.29, 0.717) is 5.75 Å². The zero-order valence-electron chi connectivity index (χ0n) is 6.33. The number of pyridine rings is 1. The van der Waals surface area contributed by atoms with Crippen LogP contribution in [0.2, 0.25) is 0 Å². The number of hydrogen-bond donors (Lipinski definition) is 0. The van der Waals surface area contributed by atoms with Gasteiger partial charge in [-0.05, 0) is 6.07 Å². The number of nitrogens with zero attached hydrogens (tertiary/aromatic N) is 1. The van der Waals surface area contributed by atoms with Crippen LogP contribution in [0, 0.1) is 0 Å². The maximum Gasteiger partial charge on any atom is 0.388 e. The number of alkyl halides is 2. The molecule has 12 heavy (non-hydrogen) atoms. The zero-order valence-corrected chi connectivity index (χ0v) is 6.33. The highest BCUT2D eigenvalue weighted by atomic mass is 19.3. The van der Waals surface area contributed by atoms with Gasteiger partial charge in [0.2, 0.25) is 5.88 Å². The van der Waals surface area contributed by atoms with E-state index in [1.807, 2.05) is 0 Å². The fourth-order valence-electron chi connectivity index (χ4n) is 0.648. The van der Waals surface area contributed by atoms with Crippen LogP contribution in [0.25, 0.3) is 0 Å². The summed E-state index contributed by atoms with van der Waals surface area (Å²) < 4.78 is 32.0. The number of hydrogen-bond acceptors (Lipinski definition) is 3. The molecular weight excluding hydrogens is 168 g/mol. The molecule has 0 aliphatic heterocycles. The maximum atomic E-state index is 11.6. The first-order valence-corrected chi connectivity index (χ1v) is 3.17. The summed E-state index contributed by atoms with van der Waals surface area (Å²) in [7, 11) is 1.46. The van der Waals surface area contributed by atoms with Crippen LogP contribution in [-0.2, 0) is 0 Å². The molecule has 0 amide bonds. The van der Waals surface area contributed by atoms with Gasteiger partial charge in [-0.3, -0.25) is 0 Å². The Morgan fingerprint density at radius 1 is 1.42 bits per heavy atom. The second kappa shape index (κ2) is 3.85. The van der Waals surface area contributed by atoms with Crippen molar-refractivity contribution in [2.24, 2.45) is 0 Å². The Balaban J connectivity index is 2.65. The molecule has 0 saturated carbocycles. The number of rotatable bonds is 3. The molecule has 0 aromatic carbocycles. The Morgan fingerprint density at radius 3 is 2.58 bits per heavy atom. The third-order valence-electron chi connectivity index (χ3n) is 1.15. The fraction of sp³-hybridized carbons (Fsp3) is 0.286. The van der Waals surface area contributed by atoms with Crippen LogP contribution < -0.4 is 9.47 Å². The number of ether oxygens (including phenoxy) is 2. The summed E-state index contributed by atoms with van der Waals surface area (Å²) in [6.07, 6.45) is 1.30. The molecule has 1 aromatic heterocycles. The van der Waals surface area contributed by atoms with Crippen molar-refractivity contribution in [2.75, 3.05) is 7.11 Å². The van der Waals surface area contributed by atoms with Gasteiger partial charge >= 0.3 is 6.61 Å². The van der Waals surface area contributed by atoms with Crippen LogP contribution in [0.5, 0.6) is 11.6 Å². The summed E-state index contributed by atoms with van der Waals surface area (Å²) in [5.41, 5.74) is 0. The maximum absolute atomic E-state index is 11.6. The first-order valence-electron chi connectivity index (χ1n) is 3.17. The van der Waals surface area contributed by atoms with Crippen molar-refractivity contribution in [3.05, 3.63) is 18.3 Å². The van der Waals surface area contributed by atoms with Gasteiger partial charge in [0, 0.05) is 6.07 Å². The minimum absolute atomic E-state index is 0.120. The van der Waals surface area contributed by atoms with Crippen molar-refractivity contribution in [1.29, 1.82) is 0 Å². The van der Waals surface area contributed by atoms with E-state index in [-0.39, 0.29) is 5.88 Å². The lowest BCUT2D eigenvalue weighted by molar-refractivity contribution is -0.0528. The second-order valence-electron chi connectivity index (χ2n) is 1.91. The molecule has 0 saturated heterocycles. The van der Waals surface area contributed by atoms with Crippen molar-refractivity contribution in [3.8, 4) is 11.6 Å². The second-order valence-corrected chi connectivity index (χ2v) is 1.91. The third kappa shape index (κ3) is 2.34. The van der Waals surface area contributed by atoms with Crippen LogP contribution in [0.3, 0.4) is 0 Å². The van der Waals surface area contributed by atoms with Gasteiger partial charge in [-0.15, -0.1) is 0 Å². The lowest BCUT2D eigenvalue weighted by Crippen LogP contribution is -2.03. The molecule has 0 N–H and O–H groups in total. The highest BCUT2D eigenvalue weighted by Gasteiger charge is 2.04. The monoisotopic (exact) mass is 175 g/mol. The van der Waals surface area contributed by atoms with Gasteiger partial charge in [0.1, 0.15) is 5.75 Å². The van der Waals surface area contributed by atoms with Crippen molar-refractivity contribution >= 4 is 0 Å². The summed E-state index contributed by atoms with van der Waals surface area (Å²) in [6.45, 7) is -2.84. The molecule has 3 nitrogen and oxygen atoms in total. The Hall–Kier alpha value is -1.39. The fourth-order valence-corrected chi connectivity index (χ4v) is 0.648. The van der Waals surface area contributed by atoms with Crippen molar-refractivity contribution < 1.29 is 18.3 Å². The molecule has 0 atom stereocenters. The van der Waals surface area contributed by atoms with E-state index < -0.39 is 6.61 Å². The molecule has 5 heteroatoms. The molecule has 1 rings (SSSR count). The Morgan fingerprint density at radius 2 is 2.17 bits per heavy atom. The van der Waals surface area contributed by atoms with Crippen LogP contribution in [0.1, 0.15) is 0 Å². The molecule has 66 valence electrons. The predicted molar refractivity (Wildman–Crippen MR) is 37.4 cm³/mol. The van der Waals surface area contributed by atoms with E-state index in [2.05, 4.69) is 9.72 Å². The summed E-state index contributed by atoms with van der Waals surface area (Å²) in [6, 6.07) is 2.80. The minimum atomic E-state index is -2.84. The Bertz CT molecular complexity index is 238. The smallest absolute Gasteiger partial charge is 0.388 e. The molecule has 0 spiro atoms. The summed E-state index contributed by atoms with van der Waals surface area (Å²) in [5, 5.41) is 0. The average Bonchev–Trinajstić information content (AvgIpc) is 2.05. The van der Waals surface area contributed by atoms with Crippen LogP contribution >= 0.6 is 0 Å². The van der Waals surface area contributed by atoms with Crippen LogP contribution in [-0.4, -0.2) is 18.7 Å². The average molecular weight is 175 g/mol. The molecular formula is C7H7F2NO2. The van der Waals surface area contributed by atoms with Gasteiger partial charge in [0.15, 0.2) is 0 Å². The molecule has 1 aromatic rings. The summed E-state index contributed by atoms with van der Waals surface area (Å²) in [5.74, 6) is 0.377. The Kier molecular flexibility index (Phi) is 2.79. The lowest BCUT2D eigenvalue weighted by atomic mass is 10.4. The molecule has 0 aliphatic rings. The topological polar surface area (TPSA) is 31.4 Å². The molecule has 0 unspecified atom stereocenters. The van der Waals surface area contributed by atoms with Gasteiger partial charge in [-0.1, -0.05) is 0 Å². The number of aromatic nitrogens is 1. The molecule has 0 fully saturated rings. The normalized spacial score (nSPS) is 10.0. The molecule has 1 heterocycles. The van der Waals surface area contributed by atoms with Crippen molar-refractivity contribution in [2.45, 2.75) is 6.61 Å². The van der Waals surface area contributed by atoms with Crippen LogP contribution in [0.4, 0.5) is 8.78 Å². The zero-order chi connectivity index (χ0) is 8.97. The minimum Gasteiger partial charge on any atom is -0.495 e. The largest absolute Gasteiger partial charge is 0.495 e.